The Balaban J connectivity index is 3.40. The average Bonchev–Trinajstić information content (AvgIpc) is 1.82. The fourth-order valence-corrected chi connectivity index (χ4v) is 0.521. The Morgan fingerprint density at radius 1 is 1.70 bits per heavy atom. The molecule has 0 aromatic carbocycles. The summed E-state index contributed by atoms with van der Waals surface area (Å²) in [5, 5.41) is 8.35. The van der Waals surface area contributed by atoms with E-state index in [0.717, 1.165) is 0 Å². The SMILES string of the molecule is CN(C)CC[C@H](N)C(=O)O. The van der Waals surface area contributed by atoms with Crippen LogP contribution in [0.5, 0.6) is 0 Å². The van der Waals surface area contributed by atoms with Crippen LogP contribution in [-0.4, -0.2) is 42.7 Å². The molecular formula is C6H14N2O2. The molecule has 4 nitrogen and oxygen atoms in total. The molecule has 60 valence electrons. The molecule has 0 aliphatic heterocycles. The standard InChI is InChI=1S/C6H14N2O2/c1-8(2)4-3-5(7)6(9)10/h5H,3-4,7H2,1-2H3,(H,9,10)/t5-/m0/s1. The van der Waals surface area contributed by atoms with E-state index in [-0.39, 0.29) is 0 Å². The number of aliphatic carboxylic acids is 1. The number of carboxylic acid groups (broad SMARTS) is 1. The van der Waals surface area contributed by atoms with E-state index in [1.54, 1.807) is 0 Å². The molecular weight excluding hydrogens is 132 g/mol. The van der Waals surface area contributed by atoms with Crippen molar-refractivity contribution < 1.29 is 9.90 Å². The molecule has 0 aromatic heterocycles. The Labute approximate surface area is 60.6 Å². The second-order valence-electron chi connectivity index (χ2n) is 2.54. The van der Waals surface area contributed by atoms with E-state index in [1.807, 2.05) is 19.0 Å². The van der Waals surface area contributed by atoms with Gasteiger partial charge in [-0.3, -0.25) is 4.79 Å². The number of nitrogens with two attached hydrogens (primary N) is 1. The van der Waals surface area contributed by atoms with Gasteiger partial charge in [0.1, 0.15) is 6.04 Å². The van der Waals surface area contributed by atoms with Gasteiger partial charge in [-0.05, 0) is 27.1 Å². The van der Waals surface area contributed by atoms with Crippen molar-refractivity contribution in [1.82, 2.24) is 4.90 Å². The molecule has 0 bridgehead atoms. The number of hydrogen-bond donors (Lipinski definition) is 2. The molecule has 0 spiro atoms. The van der Waals surface area contributed by atoms with Crippen molar-refractivity contribution >= 4 is 5.97 Å². The van der Waals surface area contributed by atoms with E-state index in [9.17, 15) is 4.79 Å². The number of nitrogens with zero attached hydrogens (tertiary/aromatic N) is 1. The fourth-order valence-electron chi connectivity index (χ4n) is 0.521. The zero-order valence-electron chi connectivity index (χ0n) is 6.37. The Hall–Kier alpha value is -0.610. The second-order valence-corrected chi connectivity index (χ2v) is 2.54. The van der Waals surface area contributed by atoms with Crippen molar-refractivity contribution in [2.24, 2.45) is 5.73 Å². The highest BCUT2D eigenvalue weighted by Gasteiger charge is 2.10. The van der Waals surface area contributed by atoms with Gasteiger partial charge in [0, 0.05) is 0 Å². The molecule has 0 radical (unpaired) electrons. The highest BCUT2D eigenvalue weighted by atomic mass is 16.4. The van der Waals surface area contributed by atoms with Crippen molar-refractivity contribution in [2.75, 3.05) is 20.6 Å². The molecule has 0 unspecified atom stereocenters. The van der Waals surface area contributed by atoms with Gasteiger partial charge >= 0.3 is 5.97 Å². The van der Waals surface area contributed by atoms with Crippen molar-refractivity contribution in [2.45, 2.75) is 12.5 Å². The Morgan fingerprint density at radius 3 is 2.50 bits per heavy atom. The van der Waals surface area contributed by atoms with Gasteiger partial charge in [0.15, 0.2) is 0 Å². The average molecular weight is 146 g/mol. The third-order valence-electron chi connectivity index (χ3n) is 1.20. The molecule has 0 aromatic rings. The molecule has 0 fully saturated rings. The Bertz CT molecular complexity index is 114. The van der Waals surface area contributed by atoms with Crippen LogP contribution in [0.2, 0.25) is 0 Å². The second kappa shape index (κ2) is 4.24. The summed E-state index contributed by atoms with van der Waals surface area (Å²) in [6, 6.07) is -0.720. The molecule has 0 aliphatic carbocycles. The van der Waals surface area contributed by atoms with Crippen LogP contribution >= 0.6 is 0 Å². The minimum atomic E-state index is -0.929. The topological polar surface area (TPSA) is 66.6 Å². The van der Waals surface area contributed by atoms with E-state index < -0.39 is 12.0 Å². The minimum absolute atomic E-state index is 0.502. The molecule has 0 rings (SSSR count). The molecule has 0 amide bonds. The maximum atomic E-state index is 10.2. The van der Waals surface area contributed by atoms with Crippen LogP contribution in [-0.2, 0) is 4.79 Å². The molecule has 0 saturated heterocycles. The van der Waals surface area contributed by atoms with Crippen LogP contribution in [0, 0.1) is 0 Å². The van der Waals surface area contributed by atoms with Gasteiger partial charge in [-0.25, -0.2) is 0 Å². The van der Waals surface area contributed by atoms with Crippen molar-refractivity contribution in [1.29, 1.82) is 0 Å². The largest absolute Gasteiger partial charge is 0.480 e. The lowest BCUT2D eigenvalue weighted by atomic mass is 10.2. The summed E-state index contributed by atoms with van der Waals surface area (Å²) in [4.78, 5) is 12.1. The highest BCUT2D eigenvalue weighted by Crippen LogP contribution is 1.88. The Morgan fingerprint density at radius 2 is 2.20 bits per heavy atom. The fraction of sp³-hybridized carbons (Fsp3) is 0.833. The summed E-state index contributed by atoms with van der Waals surface area (Å²) in [5.41, 5.74) is 5.24. The third-order valence-corrected chi connectivity index (χ3v) is 1.20. The van der Waals surface area contributed by atoms with Crippen LogP contribution in [0.4, 0.5) is 0 Å². The first-order valence-electron chi connectivity index (χ1n) is 3.17. The smallest absolute Gasteiger partial charge is 0.320 e. The molecule has 0 saturated carbocycles. The molecule has 0 heterocycles. The number of hydrogen-bond acceptors (Lipinski definition) is 3. The van der Waals surface area contributed by atoms with E-state index >= 15 is 0 Å². The minimum Gasteiger partial charge on any atom is -0.480 e. The van der Waals surface area contributed by atoms with Crippen LogP contribution in [0.3, 0.4) is 0 Å². The molecule has 4 heteroatoms. The zero-order valence-corrected chi connectivity index (χ0v) is 6.37. The van der Waals surface area contributed by atoms with Crippen molar-refractivity contribution in [3.8, 4) is 0 Å². The predicted octanol–water partition coefficient (Wildman–Crippen LogP) is -0.650. The van der Waals surface area contributed by atoms with E-state index in [2.05, 4.69) is 0 Å². The molecule has 10 heavy (non-hydrogen) atoms. The van der Waals surface area contributed by atoms with Crippen molar-refractivity contribution in [3.05, 3.63) is 0 Å². The van der Waals surface area contributed by atoms with Crippen LogP contribution in [0.15, 0.2) is 0 Å². The maximum absolute atomic E-state index is 10.2. The normalized spacial score (nSPS) is 13.6. The van der Waals surface area contributed by atoms with Gasteiger partial charge in [0.05, 0.1) is 0 Å². The quantitative estimate of drug-likeness (QED) is 0.553. The first kappa shape index (κ1) is 9.39. The van der Waals surface area contributed by atoms with E-state index in [1.165, 1.54) is 0 Å². The number of carboxylic acids is 1. The summed E-state index contributed by atoms with van der Waals surface area (Å²) in [6.07, 6.45) is 0.502. The Kier molecular flexibility index (Phi) is 3.99. The van der Waals surface area contributed by atoms with Crippen LogP contribution < -0.4 is 5.73 Å². The molecule has 1 atom stereocenters. The number of rotatable bonds is 4. The monoisotopic (exact) mass is 146 g/mol. The van der Waals surface area contributed by atoms with Crippen LogP contribution in [0.25, 0.3) is 0 Å². The van der Waals surface area contributed by atoms with Gasteiger partial charge in [-0.2, -0.15) is 0 Å². The first-order chi connectivity index (χ1) is 4.54. The van der Waals surface area contributed by atoms with E-state index in [4.69, 9.17) is 10.8 Å². The van der Waals surface area contributed by atoms with Crippen LogP contribution in [0.1, 0.15) is 6.42 Å². The maximum Gasteiger partial charge on any atom is 0.320 e. The summed E-state index contributed by atoms with van der Waals surface area (Å²) < 4.78 is 0. The predicted molar refractivity (Wildman–Crippen MR) is 38.8 cm³/mol. The lowest BCUT2D eigenvalue weighted by molar-refractivity contribution is -0.138. The zero-order chi connectivity index (χ0) is 8.15. The lowest BCUT2D eigenvalue weighted by Gasteiger charge is -2.10. The first-order valence-corrected chi connectivity index (χ1v) is 3.17. The number of carbonyl (C=O) groups is 1. The van der Waals surface area contributed by atoms with Gasteiger partial charge < -0.3 is 15.7 Å². The van der Waals surface area contributed by atoms with Gasteiger partial charge in [-0.15, -0.1) is 0 Å². The molecule has 0 aliphatic rings. The summed E-state index contributed by atoms with van der Waals surface area (Å²) in [5.74, 6) is -0.929. The lowest BCUT2D eigenvalue weighted by Crippen LogP contribution is -2.33. The third kappa shape index (κ3) is 4.29. The summed E-state index contributed by atoms with van der Waals surface area (Å²) >= 11 is 0. The van der Waals surface area contributed by atoms with Crippen molar-refractivity contribution in [3.63, 3.8) is 0 Å². The molecule has 3 N–H and O–H groups in total. The summed E-state index contributed by atoms with van der Waals surface area (Å²) in [6.45, 7) is 0.716. The summed E-state index contributed by atoms with van der Waals surface area (Å²) in [7, 11) is 3.77. The van der Waals surface area contributed by atoms with Gasteiger partial charge in [0.25, 0.3) is 0 Å². The van der Waals surface area contributed by atoms with E-state index in [0.29, 0.717) is 13.0 Å². The van der Waals surface area contributed by atoms with Gasteiger partial charge in [0.2, 0.25) is 0 Å². The van der Waals surface area contributed by atoms with Gasteiger partial charge in [-0.1, -0.05) is 0 Å². The highest BCUT2D eigenvalue weighted by molar-refractivity contribution is 5.72.